The molecule has 0 fully saturated rings. The first-order chi connectivity index (χ1) is 7.84. The molecule has 0 amide bonds. The lowest BCUT2D eigenvalue weighted by Crippen LogP contribution is -2.15. The zero-order chi connectivity index (χ0) is 11.0. The predicted molar refractivity (Wildman–Crippen MR) is 56.4 cm³/mol. The molecule has 4 nitrogen and oxygen atoms in total. The summed E-state index contributed by atoms with van der Waals surface area (Å²) in [6, 6.07) is 5.47. The van der Waals surface area contributed by atoms with Crippen LogP contribution in [0.3, 0.4) is 0 Å². The number of carbonyl (C=O) groups excluding carboxylic acids is 1. The Hall–Kier alpha value is -1.97. The van der Waals surface area contributed by atoms with Crippen molar-refractivity contribution < 1.29 is 19.0 Å². The second kappa shape index (κ2) is 3.56. The number of esters is 1. The van der Waals surface area contributed by atoms with E-state index in [-0.39, 0.29) is 5.97 Å². The molecule has 0 aliphatic carbocycles. The first kappa shape index (κ1) is 9.27. The Morgan fingerprint density at radius 3 is 2.56 bits per heavy atom. The number of rotatable bonds is 1. The summed E-state index contributed by atoms with van der Waals surface area (Å²) < 4.78 is 15.7. The number of fused-ring (bicyclic) bond motifs is 1. The third kappa shape index (κ3) is 1.43. The first-order valence-corrected chi connectivity index (χ1v) is 5.12. The Balaban J connectivity index is 2.00. The van der Waals surface area contributed by atoms with Crippen molar-refractivity contribution in [1.29, 1.82) is 0 Å². The van der Waals surface area contributed by atoms with E-state index >= 15 is 0 Å². The molecule has 1 aromatic carbocycles. The van der Waals surface area contributed by atoms with Crippen LogP contribution >= 0.6 is 0 Å². The zero-order valence-corrected chi connectivity index (χ0v) is 8.56. The number of carbonyl (C=O) groups is 1. The molecular weight excluding hydrogens is 208 g/mol. The number of hydrogen-bond donors (Lipinski definition) is 0. The topological polar surface area (TPSA) is 44.8 Å². The molecule has 2 aliphatic rings. The molecule has 16 heavy (non-hydrogen) atoms. The van der Waals surface area contributed by atoms with Crippen LogP contribution < -0.4 is 9.47 Å². The Morgan fingerprint density at radius 1 is 1.00 bits per heavy atom. The Morgan fingerprint density at radius 2 is 1.81 bits per heavy atom. The van der Waals surface area contributed by atoms with Crippen molar-refractivity contribution in [3.8, 4) is 11.5 Å². The molecule has 0 spiro atoms. The van der Waals surface area contributed by atoms with E-state index in [1.807, 2.05) is 18.2 Å². The van der Waals surface area contributed by atoms with Crippen LogP contribution in [0.2, 0.25) is 0 Å². The molecule has 4 heteroatoms. The Kier molecular flexibility index (Phi) is 2.06. The fourth-order valence-electron chi connectivity index (χ4n) is 1.81. The minimum absolute atomic E-state index is 0.281. The molecule has 1 aromatic rings. The lowest BCUT2D eigenvalue weighted by molar-refractivity contribution is -0.133. The van der Waals surface area contributed by atoms with Gasteiger partial charge in [0.15, 0.2) is 11.5 Å². The largest absolute Gasteiger partial charge is 0.486 e. The van der Waals surface area contributed by atoms with Gasteiger partial charge in [0, 0.05) is 0 Å². The van der Waals surface area contributed by atoms with Crippen LogP contribution in [0, 0.1) is 0 Å². The van der Waals surface area contributed by atoms with Gasteiger partial charge < -0.3 is 14.2 Å². The summed E-state index contributed by atoms with van der Waals surface area (Å²) in [6.45, 7) is 1.46. The fourth-order valence-corrected chi connectivity index (χ4v) is 1.81. The smallest absolute Gasteiger partial charge is 0.338 e. The first-order valence-electron chi connectivity index (χ1n) is 5.12. The third-order valence-corrected chi connectivity index (χ3v) is 2.57. The zero-order valence-electron chi connectivity index (χ0n) is 8.56. The number of hydrogen-bond acceptors (Lipinski definition) is 4. The lowest BCUT2D eigenvalue weighted by Gasteiger charge is -2.18. The van der Waals surface area contributed by atoms with Crippen LogP contribution in [0.4, 0.5) is 0 Å². The molecule has 2 heterocycles. The molecule has 0 radical (unpaired) electrons. The van der Waals surface area contributed by atoms with Gasteiger partial charge in [0.05, 0.1) is 5.57 Å². The van der Waals surface area contributed by atoms with Crippen molar-refractivity contribution >= 4 is 11.5 Å². The van der Waals surface area contributed by atoms with Gasteiger partial charge in [0.1, 0.15) is 19.8 Å². The average Bonchev–Trinajstić information content (AvgIpc) is 2.75. The summed E-state index contributed by atoms with van der Waals surface area (Å²) in [5.41, 5.74) is 1.41. The van der Waals surface area contributed by atoms with Gasteiger partial charge in [-0.1, -0.05) is 6.07 Å². The highest BCUT2D eigenvalue weighted by Gasteiger charge is 2.21. The van der Waals surface area contributed by atoms with E-state index in [0.717, 1.165) is 11.3 Å². The van der Waals surface area contributed by atoms with Crippen LogP contribution in [0.15, 0.2) is 24.3 Å². The molecule has 0 N–H and O–H groups in total. The van der Waals surface area contributed by atoms with Gasteiger partial charge in [-0.2, -0.15) is 0 Å². The van der Waals surface area contributed by atoms with Gasteiger partial charge in [0.25, 0.3) is 0 Å². The van der Waals surface area contributed by atoms with Crippen LogP contribution in [-0.2, 0) is 9.53 Å². The van der Waals surface area contributed by atoms with Crippen molar-refractivity contribution in [1.82, 2.24) is 0 Å². The summed E-state index contributed by atoms with van der Waals surface area (Å²) in [5, 5.41) is 0. The summed E-state index contributed by atoms with van der Waals surface area (Å²) in [6.07, 6.45) is 1.77. The molecule has 0 saturated heterocycles. The van der Waals surface area contributed by atoms with E-state index in [1.54, 1.807) is 6.08 Å². The van der Waals surface area contributed by atoms with Crippen LogP contribution in [0.5, 0.6) is 11.5 Å². The molecule has 3 rings (SSSR count). The molecule has 0 saturated carbocycles. The molecule has 0 bridgehead atoms. The van der Waals surface area contributed by atoms with Gasteiger partial charge in [-0.15, -0.1) is 0 Å². The van der Waals surface area contributed by atoms with E-state index in [4.69, 9.17) is 14.2 Å². The SMILES string of the molecule is O=C1OCC=C1c1ccc2c(c1)OCCO2. The summed E-state index contributed by atoms with van der Waals surface area (Å²) in [5.74, 6) is 1.13. The summed E-state index contributed by atoms with van der Waals surface area (Å²) in [7, 11) is 0. The Labute approximate surface area is 92.4 Å². The van der Waals surface area contributed by atoms with Gasteiger partial charge in [-0.25, -0.2) is 4.79 Å². The van der Waals surface area contributed by atoms with E-state index in [1.165, 1.54) is 0 Å². The normalized spacial score (nSPS) is 18.0. The van der Waals surface area contributed by atoms with Gasteiger partial charge in [-0.05, 0) is 23.8 Å². The number of cyclic esters (lactones) is 1. The highest BCUT2D eigenvalue weighted by atomic mass is 16.6. The van der Waals surface area contributed by atoms with Gasteiger partial charge >= 0.3 is 5.97 Å². The molecular formula is C12H10O4. The number of benzene rings is 1. The maximum atomic E-state index is 11.4. The van der Waals surface area contributed by atoms with E-state index in [9.17, 15) is 4.79 Å². The Bertz CT molecular complexity index is 476. The molecule has 0 atom stereocenters. The van der Waals surface area contributed by atoms with E-state index in [2.05, 4.69) is 0 Å². The monoisotopic (exact) mass is 218 g/mol. The third-order valence-electron chi connectivity index (χ3n) is 2.57. The standard InChI is InChI=1S/C12H10O4/c13-12-9(3-4-16-12)8-1-2-10-11(7-8)15-6-5-14-10/h1-3,7H,4-6H2. The number of ether oxygens (including phenoxy) is 3. The molecule has 0 unspecified atom stereocenters. The highest BCUT2D eigenvalue weighted by molar-refractivity contribution is 6.18. The lowest BCUT2D eigenvalue weighted by atomic mass is 10.1. The minimum atomic E-state index is -0.281. The second-order valence-electron chi connectivity index (χ2n) is 3.57. The summed E-state index contributed by atoms with van der Waals surface area (Å²) >= 11 is 0. The predicted octanol–water partition coefficient (Wildman–Crippen LogP) is 1.40. The van der Waals surface area contributed by atoms with E-state index < -0.39 is 0 Å². The molecule has 0 aromatic heterocycles. The van der Waals surface area contributed by atoms with Crippen LogP contribution in [0.1, 0.15) is 5.56 Å². The van der Waals surface area contributed by atoms with Crippen molar-refractivity contribution in [2.75, 3.05) is 19.8 Å². The highest BCUT2D eigenvalue weighted by Crippen LogP contribution is 2.33. The maximum absolute atomic E-state index is 11.4. The minimum Gasteiger partial charge on any atom is -0.486 e. The molecule has 82 valence electrons. The van der Waals surface area contributed by atoms with E-state index in [0.29, 0.717) is 31.1 Å². The van der Waals surface area contributed by atoms with Crippen molar-refractivity contribution in [3.63, 3.8) is 0 Å². The van der Waals surface area contributed by atoms with Crippen molar-refractivity contribution in [3.05, 3.63) is 29.8 Å². The fraction of sp³-hybridized carbons (Fsp3) is 0.250. The second-order valence-corrected chi connectivity index (χ2v) is 3.57. The summed E-state index contributed by atoms with van der Waals surface area (Å²) in [4.78, 5) is 11.4. The maximum Gasteiger partial charge on any atom is 0.338 e. The quantitative estimate of drug-likeness (QED) is 0.668. The van der Waals surface area contributed by atoms with Gasteiger partial charge in [-0.3, -0.25) is 0 Å². The average molecular weight is 218 g/mol. The van der Waals surface area contributed by atoms with Crippen molar-refractivity contribution in [2.45, 2.75) is 0 Å². The van der Waals surface area contributed by atoms with Crippen molar-refractivity contribution in [2.24, 2.45) is 0 Å². The molecule has 2 aliphatic heterocycles. The van der Waals surface area contributed by atoms with Crippen LogP contribution in [-0.4, -0.2) is 25.8 Å². The van der Waals surface area contributed by atoms with Crippen LogP contribution in [0.25, 0.3) is 5.57 Å². The van der Waals surface area contributed by atoms with Gasteiger partial charge in [0.2, 0.25) is 0 Å².